The lowest BCUT2D eigenvalue weighted by atomic mass is 9.84. The molecule has 0 aromatic heterocycles. The van der Waals surface area contributed by atoms with E-state index in [1.807, 2.05) is 0 Å². The normalized spacial score (nSPS) is 15.1. The Hall–Kier alpha value is -2.94. The fourth-order valence-corrected chi connectivity index (χ4v) is 5.66. The number of ether oxygens (including phenoxy) is 1. The van der Waals surface area contributed by atoms with Crippen LogP contribution in [-0.4, -0.2) is 94.3 Å². The highest BCUT2D eigenvalue weighted by Gasteiger charge is 2.31. The van der Waals surface area contributed by atoms with Gasteiger partial charge in [0.2, 0.25) is 21.8 Å². The number of halogens is 1. The van der Waals surface area contributed by atoms with Crippen LogP contribution in [0.2, 0.25) is 5.02 Å². The lowest BCUT2D eigenvalue weighted by Crippen LogP contribution is -2.54. The Labute approximate surface area is 265 Å². The van der Waals surface area contributed by atoms with Crippen LogP contribution in [0.15, 0.2) is 24.3 Å². The predicted molar refractivity (Wildman–Crippen MR) is 166 cm³/mol. The van der Waals surface area contributed by atoms with E-state index in [1.165, 1.54) is 33.0 Å². The van der Waals surface area contributed by atoms with Gasteiger partial charge in [-0.2, -0.15) is 0 Å². The third kappa shape index (κ3) is 13.4. The number of nitrogens with zero attached hydrogens (tertiary/aromatic N) is 2. The number of nitrogens with one attached hydrogen (secondary N) is 3. The molecule has 44 heavy (non-hydrogen) atoms. The zero-order chi connectivity index (χ0) is 32.7. The summed E-state index contributed by atoms with van der Waals surface area (Å²) in [6, 6.07) is 4.78. The Kier molecular flexibility index (Phi) is 15.9. The molecule has 4 amide bonds. The number of hydrogen-bond donors (Lipinski definition) is 3. The molecule has 2 atom stereocenters. The third-order valence-corrected chi connectivity index (χ3v) is 9.22. The van der Waals surface area contributed by atoms with Crippen LogP contribution in [0, 0.1) is 5.92 Å². The van der Waals surface area contributed by atoms with Crippen molar-refractivity contribution in [2.24, 2.45) is 5.92 Å². The number of likely N-dealkylation sites (N-methyl/N-ethyl adjacent to an activating group) is 2. The minimum Gasteiger partial charge on any atom is -0.445 e. The van der Waals surface area contributed by atoms with Gasteiger partial charge < -0.3 is 20.3 Å². The van der Waals surface area contributed by atoms with Crippen molar-refractivity contribution >= 4 is 45.4 Å². The lowest BCUT2D eigenvalue weighted by Gasteiger charge is -2.29. The maximum absolute atomic E-state index is 13.6. The summed E-state index contributed by atoms with van der Waals surface area (Å²) in [5.41, 5.74) is 0.687. The number of amides is 4. The van der Waals surface area contributed by atoms with Gasteiger partial charge in [0.05, 0.1) is 12.9 Å². The van der Waals surface area contributed by atoms with E-state index in [-0.39, 0.29) is 50.1 Å². The second-order valence-corrected chi connectivity index (χ2v) is 13.4. The Balaban J connectivity index is 2.08. The van der Waals surface area contributed by atoms with Gasteiger partial charge in [-0.05, 0) is 43.4 Å². The molecule has 0 saturated heterocycles. The van der Waals surface area contributed by atoms with Gasteiger partial charge in [-0.25, -0.2) is 23.0 Å². The second-order valence-electron chi connectivity index (χ2n) is 10.9. The quantitative estimate of drug-likeness (QED) is 0.215. The Morgan fingerprint density at radius 1 is 1.07 bits per heavy atom. The van der Waals surface area contributed by atoms with E-state index < -0.39 is 40.0 Å². The highest BCUT2D eigenvalue weighted by Crippen LogP contribution is 2.27. The van der Waals surface area contributed by atoms with Crippen molar-refractivity contribution in [2.75, 3.05) is 40.0 Å². The molecule has 0 unspecified atom stereocenters. The highest BCUT2D eigenvalue weighted by molar-refractivity contribution is 7.89. The molecule has 1 aromatic rings. The first-order valence-electron chi connectivity index (χ1n) is 14.9. The molecule has 3 N–H and O–H groups in total. The molecule has 0 radical (unpaired) electrons. The van der Waals surface area contributed by atoms with Gasteiger partial charge in [-0.1, -0.05) is 55.8 Å². The van der Waals surface area contributed by atoms with E-state index in [9.17, 15) is 27.6 Å². The third-order valence-electron chi connectivity index (χ3n) is 7.58. The summed E-state index contributed by atoms with van der Waals surface area (Å²) in [7, 11) is 0.822. The summed E-state index contributed by atoms with van der Waals surface area (Å²) >= 11 is 6.01. The number of carbonyl (C=O) groups is 4. The molecule has 1 aliphatic rings. The summed E-state index contributed by atoms with van der Waals surface area (Å²) in [6.45, 7) is 1.65. The summed E-state index contributed by atoms with van der Waals surface area (Å²) in [5, 5.41) is 6.84. The molecular formula is C29H46ClN5O8S. The molecular weight excluding hydrogens is 614 g/mol. The average Bonchev–Trinajstić information content (AvgIpc) is 3.01. The second kappa shape index (κ2) is 18.8. The molecule has 0 bridgehead atoms. The number of carbonyl (C=O) groups excluding carboxylic acids is 4. The van der Waals surface area contributed by atoms with E-state index >= 15 is 0 Å². The molecule has 2 rings (SSSR count). The van der Waals surface area contributed by atoms with Crippen LogP contribution < -0.4 is 15.4 Å². The maximum atomic E-state index is 13.6. The van der Waals surface area contributed by atoms with Gasteiger partial charge in [0.25, 0.3) is 5.91 Å². The van der Waals surface area contributed by atoms with Crippen molar-refractivity contribution in [3.63, 3.8) is 0 Å². The first-order valence-corrected chi connectivity index (χ1v) is 16.9. The van der Waals surface area contributed by atoms with Crippen molar-refractivity contribution in [3.05, 3.63) is 34.9 Å². The van der Waals surface area contributed by atoms with Crippen LogP contribution in [0.3, 0.4) is 0 Å². The average molecular weight is 660 g/mol. The SMILES string of the molecule is CCS(=O)(=O)NCCN(C)C(=O)CC[C@H](NC(=O)[C@H](CC1CCCCC1)NC(=O)OCc1cccc(Cl)c1)C(=O)N(C)OC. The summed E-state index contributed by atoms with van der Waals surface area (Å²) in [4.78, 5) is 58.6. The van der Waals surface area contributed by atoms with E-state index in [4.69, 9.17) is 21.2 Å². The summed E-state index contributed by atoms with van der Waals surface area (Å²) in [6.07, 6.45) is 4.48. The standard InChI is InChI=1S/C29H46ClN5O8S/c1-5-44(40,41)31-16-17-34(2)26(36)15-14-24(28(38)35(3)42-4)32-27(37)25(19-21-10-7-6-8-11-21)33-29(39)43-20-22-12-9-13-23(30)18-22/h9,12-13,18,21,24-25,31H,5-8,10-11,14-17,19-20H2,1-4H3,(H,32,37)(H,33,39)/t24-,25-/m0/s1. The van der Waals surface area contributed by atoms with E-state index in [0.717, 1.165) is 37.2 Å². The smallest absolute Gasteiger partial charge is 0.408 e. The largest absolute Gasteiger partial charge is 0.445 e. The fourth-order valence-electron chi connectivity index (χ4n) is 4.84. The minimum absolute atomic E-state index is 0.0422. The molecule has 248 valence electrons. The summed E-state index contributed by atoms with van der Waals surface area (Å²) < 4.78 is 31.1. The highest BCUT2D eigenvalue weighted by atomic mass is 35.5. The van der Waals surface area contributed by atoms with E-state index in [0.29, 0.717) is 17.0 Å². The molecule has 1 saturated carbocycles. The van der Waals surface area contributed by atoms with Gasteiger partial charge >= 0.3 is 6.09 Å². The van der Waals surface area contributed by atoms with Crippen LogP contribution >= 0.6 is 11.6 Å². The van der Waals surface area contributed by atoms with Gasteiger partial charge in [-0.3, -0.25) is 19.2 Å². The van der Waals surface area contributed by atoms with Gasteiger partial charge in [0.15, 0.2) is 0 Å². The first kappa shape index (κ1) is 37.2. The van der Waals surface area contributed by atoms with E-state index in [2.05, 4.69) is 15.4 Å². The van der Waals surface area contributed by atoms with Gasteiger partial charge in [-0.15, -0.1) is 0 Å². The van der Waals surface area contributed by atoms with Gasteiger partial charge in [0, 0.05) is 38.6 Å². The minimum atomic E-state index is -3.40. The van der Waals surface area contributed by atoms with Crippen molar-refractivity contribution in [2.45, 2.75) is 77.0 Å². The molecule has 1 aliphatic carbocycles. The molecule has 0 heterocycles. The van der Waals surface area contributed by atoms with Crippen LogP contribution in [0.5, 0.6) is 0 Å². The molecule has 0 aliphatic heterocycles. The number of alkyl carbamates (subject to hydrolysis) is 1. The van der Waals surface area contributed by atoms with Crippen LogP contribution in [0.1, 0.15) is 63.9 Å². The van der Waals surface area contributed by atoms with Crippen LogP contribution in [0.4, 0.5) is 4.79 Å². The van der Waals surface area contributed by atoms with Crippen molar-refractivity contribution in [1.82, 2.24) is 25.3 Å². The number of benzene rings is 1. The lowest BCUT2D eigenvalue weighted by molar-refractivity contribution is -0.172. The topological polar surface area (TPSA) is 163 Å². The maximum Gasteiger partial charge on any atom is 0.408 e. The van der Waals surface area contributed by atoms with Crippen LogP contribution in [0.25, 0.3) is 0 Å². The zero-order valence-electron chi connectivity index (χ0n) is 26.0. The number of sulfonamides is 1. The van der Waals surface area contributed by atoms with E-state index in [1.54, 1.807) is 24.3 Å². The zero-order valence-corrected chi connectivity index (χ0v) is 27.5. The predicted octanol–water partition coefficient (Wildman–Crippen LogP) is 2.59. The molecule has 15 heteroatoms. The number of hydrogen-bond acceptors (Lipinski definition) is 8. The van der Waals surface area contributed by atoms with Gasteiger partial charge in [0.1, 0.15) is 18.7 Å². The molecule has 0 spiro atoms. The number of rotatable bonds is 17. The molecule has 1 fully saturated rings. The number of hydroxylamine groups is 2. The molecule has 13 nitrogen and oxygen atoms in total. The van der Waals surface area contributed by atoms with Crippen molar-refractivity contribution in [1.29, 1.82) is 0 Å². The van der Waals surface area contributed by atoms with Crippen molar-refractivity contribution in [3.8, 4) is 0 Å². The summed E-state index contributed by atoms with van der Waals surface area (Å²) in [5.74, 6) is -1.35. The van der Waals surface area contributed by atoms with Crippen LogP contribution in [-0.2, 0) is 40.6 Å². The Morgan fingerprint density at radius 2 is 1.77 bits per heavy atom. The van der Waals surface area contributed by atoms with Crippen molar-refractivity contribution < 1.29 is 37.2 Å². The Morgan fingerprint density at radius 3 is 2.41 bits per heavy atom. The fraction of sp³-hybridized carbons (Fsp3) is 0.655. The monoisotopic (exact) mass is 659 g/mol. The Bertz CT molecular complexity index is 1210. The first-order chi connectivity index (χ1) is 20.8. The molecule has 1 aromatic carbocycles.